The van der Waals surface area contributed by atoms with Gasteiger partial charge < -0.3 is 5.32 Å². The van der Waals surface area contributed by atoms with Gasteiger partial charge in [0.05, 0.1) is 11.4 Å². The van der Waals surface area contributed by atoms with Crippen LogP contribution in [0.4, 0.5) is 18.9 Å². The Morgan fingerprint density at radius 1 is 1.05 bits per heavy atom. The van der Waals surface area contributed by atoms with E-state index in [4.69, 9.17) is 11.6 Å². The highest BCUT2D eigenvalue weighted by molar-refractivity contribution is 8.00. The van der Waals surface area contributed by atoms with Crippen LogP contribution in [-0.4, -0.2) is 11.7 Å². The van der Waals surface area contributed by atoms with Crippen molar-refractivity contribution in [2.24, 2.45) is 0 Å². The molecular weight excluding hydrogens is 323 g/mol. The van der Waals surface area contributed by atoms with Crippen LogP contribution < -0.4 is 5.32 Å². The van der Waals surface area contributed by atoms with Crippen LogP contribution in [0.15, 0.2) is 41.3 Å². The van der Waals surface area contributed by atoms with Crippen molar-refractivity contribution in [1.82, 2.24) is 0 Å². The highest BCUT2D eigenvalue weighted by Gasteiger charge is 2.15. The number of benzene rings is 2. The zero-order chi connectivity index (χ0) is 15.4. The molecule has 0 aliphatic carbocycles. The molecule has 2 aromatic carbocycles. The topological polar surface area (TPSA) is 29.1 Å². The van der Waals surface area contributed by atoms with Gasteiger partial charge in [0.1, 0.15) is 0 Å². The Hall–Kier alpha value is -1.66. The van der Waals surface area contributed by atoms with Crippen LogP contribution in [0, 0.1) is 17.5 Å². The van der Waals surface area contributed by atoms with E-state index in [0.29, 0.717) is 5.02 Å². The van der Waals surface area contributed by atoms with Crippen LogP contribution in [0.25, 0.3) is 0 Å². The molecule has 0 saturated carbocycles. The molecule has 0 aromatic heterocycles. The minimum Gasteiger partial charge on any atom is -0.323 e. The summed E-state index contributed by atoms with van der Waals surface area (Å²) in [6.45, 7) is 0. The predicted molar refractivity (Wildman–Crippen MR) is 77.1 cm³/mol. The molecule has 0 atom stereocenters. The lowest BCUT2D eigenvalue weighted by molar-refractivity contribution is -0.113. The van der Waals surface area contributed by atoms with Crippen molar-refractivity contribution < 1.29 is 18.0 Å². The lowest BCUT2D eigenvalue weighted by Crippen LogP contribution is -2.15. The first-order valence-corrected chi connectivity index (χ1v) is 7.15. The highest BCUT2D eigenvalue weighted by atomic mass is 35.5. The van der Waals surface area contributed by atoms with Gasteiger partial charge in [0.15, 0.2) is 17.5 Å². The Morgan fingerprint density at radius 3 is 2.38 bits per heavy atom. The molecule has 0 aliphatic heterocycles. The average molecular weight is 332 g/mol. The molecule has 0 unspecified atom stereocenters. The molecule has 0 saturated heterocycles. The fourth-order valence-electron chi connectivity index (χ4n) is 1.49. The smallest absolute Gasteiger partial charge is 0.234 e. The number of nitrogens with one attached hydrogen (secondary N) is 1. The third kappa shape index (κ3) is 4.15. The van der Waals surface area contributed by atoms with E-state index in [0.717, 1.165) is 17.0 Å². The normalized spacial score (nSPS) is 10.5. The molecule has 1 N–H and O–H groups in total. The molecule has 2 nitrogen and oxygen atoms in total. The van der Waals surface area contributed by atoms with E-state index in [9.17, 15) is 18.0 Å². The van der Waals surface area contributed by atoms with Gasteiger partial charge in [0.2, 0.25) is 5.91 Å². The second kappa shape index (κ2) is 6.87. The summed E-state index contributed by atoms with van der Waals surface area (Å²) in [5.74, 6) is -4.86. The number of halogens is 4. The van der Waals surface area contributed by atoms with Gasteiger partial charge >= 0.3 is 0 Å². The van der Waals surface area contributed by atoms with E-state index < -0.39 is 29.0 Å². The molecule has 1 amide bonds. The number of anilines is 1. The summed E-state index contributed by atoms with van der Waals surface area (Å²) in [5, 5.41) is 2.77. The van der Waals surface area contributed by atoms with Crippen LogP contribution in [0.3, 0.4) is 0 Å². The van der Waals surface area contributed by atoms with E-state index in [1.54, 1.807) is 24.3 Å². The van der Waals surface area contributed by atoms with E-state index in [1.807, 2.05) is 0 Å². The van der Waals surface area contributed by atoms with Gasteiger partial charge in [-0.05, 0) is 36.4 Å². The van der Waals surface area contributed by atoms with Crippen LogP contribution in [0.2, 0.25) is 5.02 Å². The summed E-state index contributed by atoms with van der Waals surface area (Å²) in [5.41, 5.74) is -0.393. The fourth-order valence-corrected chi connectivity index (χ4v) is 2.31. The first-order valence-electron chi connectivity index (χ1n) is 5.79. The maximum absolute atomic E-state index is 13.4. The van der Waals surface area contributed by atoms with Crippen LogP contribution >= 0.6 is 23.4 Å². The van der Waals surface area contributed by atoms with Crippen molar-refractivity contribution in [3.05, 3.63) is 58.9 Å². The molecule has 0 fully saturated rings. The summed E-state index contributed by atoms with van der Waals surface area (Å²) in [6.07, 6.45) is 0. The molecule has 0 heterocycles. The lowest BCUT2D eigenvalue weighted by Gasteiger charge is -2.07. The van der Waals surface area contributed by atoms with Crippen molar-refractivity contribution in [2.45, 2.75) is 4.90 Å². The number of carbonyl (C=O) groups is 1. The van der Waals surface area contributed by atoms with E-state index in [1.165, 1.54) is 11.8 Å². The standard InChI is InChI=1S/C14H9ClF3NOS/c15-8-1-3-9(4-2-8)21-7-12(20)19-11-6-5-10(16)13(17)14(11)18/h1-6H,7H2,(H,19,20). The van der Waals surface area contributed by atoms with Crippen LogP contribution in [0.5, 0.6) is 0 Å². The van der Waals surface area contributed by atoms with E-state index in [2.05, 4.69) is 5.32 Å². The molecular formula is C14H9ClF3NOS. The zero-order valence-corrected chi connectivity index (χ0v) is 12.1. The first-order chi connectivity index (χ1) is 9.97. The third-order valence-electron chi connectivity index (χ3n) is 2.49. The van der Waals surface area contributed by atoms with Crippen LogP contribution in [0.1, 0.15) is 0 Å². The Bertz CT molecular complexity index is 664. The summed E-state index contributed by atoms with van der Waals surface area (Å²) in [6, 6.07) is 8.55. The molecule has 2 aromatic rings. The monoisotopic (exact) mass is 331 g/mol. The number of hydrogen-bond acceptors (Lipinski definition) is 2. The fraction of sp³-hybridized carbons (Fsp3) is 0.0714. The quantitative estimate of drug-likeness (QED) is 0.660. The van der Waals surface area contributed by atoms with Gasteiger partial charge in [-0.1, -0.05) is 11.6 Å². The molecule has 0 bridgehead atoms. The van der Waals surface area contributed by atoms with Gasteiger partial charge in [-0.15, -0.1) is 11.8 Å². The number of amides is 1. The Morgan fingerprint density at radius 2 is 1.71 bits per heavy atom. The maximum Gasteiger partial charge on any atom is 0.234 e. The first kappa shape index (κ1) is 15.7. The Kier molecular flexibility index (Phi) is 5.14. The van der Waals surface area contributed by atoms with Crippen molar-refractivity contribution in [3.8, 4) is 0 Å². The van der Waals surface area contributed by atoms with Gasteiger partial charge in [-0.2, -0.15) is 0 Å². The van der Waals surface area contributed by atoms with Gasteiger partial charge in [0, 0.05) is 9.92 Å². The predicted octanol–water partition coefficient (Wildman–Crippen LogP) is 4.49. The molecule has 7 heteroatoms. The highest BCUT2D eigenvalue weighted by Crippen LogP contribution is 2.22. The molecule has 110 valence electrons. The van der Waals surface area contributed by atoms with E-state index >= 15 is 0 Å². The van der Waals surface area contributed by atoms with Crippen molar-refractivity contribution in [3.63, 3.8) is 0 Å². The average Bonchev–Trinajstić information content (AvgIpc) is 2.47. The largest absolute Gasteiger partial charge is 0.323 e. The minimum atomic E-state index is -1.61. The Balaban J connectivity index is 1.96. The summed E-state index contributed by atoms with van der Waals surface area (Å²) in [7, 11) is 0. The minimum absolute atomic E-state index is 0.0000673. The van der Waals surface area contributed by atoms with Gasteiger partial charge in [-0.25, -0.2) is 13.2 Å². The number of carbonyl (C=O) groups excluding carboxylic acids is 1. The van der Waals surface area contributed by atoms with Crippen molar-refractivity contribution >= 4 is 35.0 Å². The second-order valence-corrected chi connectivity index (χ2v) is 5.50. The molecule has 2 rings (SSSR count). The molecule has 0 spiro atoms. The third-order valence-corrected chi connectivity index (χ3v) is 3.76. The summed E-state index contributed by atoms with van der Waals surface area (Å²) < 4.78 is 39.1. The summed E-state index contributed by atoms with van der Waals surface area (Å²) in [4.78, 5) is 12.5. The number of thioether (sulfide) groups is 1. The zero-order valence-electron chi connectivity index (χ0n) is 10.5. The van der Waals surface area contributed by atoms with Crippen LogP contribution in [-0.2, 0) is 4.79 Å². The van der Waals surface area contributed by atoms with Gasteiger partial charge in [-0.3, -0.25) is 4.79 Å². The lowest BCUT2D eigenvalue weighted by atomic mass is 10.3. The second-order valence-electron chi connectivity index (χ2n) is 4.01. The summed E-state index contributed by atoms with van der Waals surface area (Å²) >= 11 is 6.94. The molecule has 21 heavy (non-hydrogen) atoms. The van der Waals surface area contributed by atoms with E-state index in [-0.39, 0.29) is 5.75 Å². The maximum atomic E-state index is 13.4. The van der Waals surface area contributed by atoms with Crippen molar-refractivity contribution in [2.75, 3.05) is 11.1 Å². The molecule has 0 aliphatic rings. The molecule has 0 radical (unpaired) electrons. The number of rotatable bonds is 4. The number of hydrogen-bond donors (Lipinski definition) is 1. The van der Waals surface area contributed by atoms with Crippen molar-refractivity contribution in [1.29, 1.82) is 0 Å². The van der Waals surface area contributed by atoms with Gasteiger partial charge in [0.25, 0.3) is 0 Å². The SMILES string of the molecule is O=C(CSc1ccc(Cl)cc1)Nc1ccc(F)c(F)c1F. The Labute approximate surface area is 128 Å².